The molecule has 1 heterocycles. The highest BCUT2D eigenvalue weighted by atomic mass is 32.1. The Labute approximate surface area is 138 Å². The minimum atomic E-state index is -0.131. The summed E-state index contributed by atoms with van der Waals surface area (Å²) >= 11 is 1.18. The smallest absolute Gasteiger partial charge is 0.307 e. The predicted octanol–water partition coefficient (Wildman–Crippen LogP) is 3.78. The lowest BCUT2D eigenvalue weighted by atomic mass is 10.0. The fraction of sp³-hybridized carbons (Fsp3) is 0.222. The third-order valence-corrected chi connectivity index (χ3v) is 5.13. The Hall–Kier alpha value is -2.40. The number of thiazole rings is 1. The van der Waals surface area contributed by atoms with E-state index in [9.17, 15) is 9.59 Å². The Balaban J connectivity index is 1.94. The number of fused-ring (bicyclic) bond motifs is 1. The first-order valence-electron chi connectivity index (χ1n) is 7.35. The number of hydrogen-bond donors (Lipinski definition) is 1. The maximum absolute atomic E-state index is 12.5. The van der Waals surface area contributed by atoms with Gasteiger partial charge in [-0.1, -0.05) is 17.4 Å². The van der Waals surface area contributed by atoms with Gasteiger partial charge in [-0.15, -0.1) is 0 Å². The number of rotatable bonds is 2. The van der Waals surface area contributed by atoms with Crippen LogP contribution in [-0.4, -0.2) is 10.5 Å². The first-order valence-corrected chi connectivity index (χ1v) is 8.17. The van der Waals surface area contributed by atoms with Crippen molar-refractivity contribution in [2.75, 3.05) is 5.32 Å². The summed E-state index contributed by atoms with van der Waals surface area (Å²) < 4.78 is 2.48. The van der Waals surface area contributed by atoms with Gasteiger partial charge in [-0.2, -0.15) is 0 Å². The number of nitrogens with one attached hydrogen (secondary N) is 1. The highest BCUT2D eigenvalue weighted by molar-refractivity contribution is 7.16. The van der Waals surface area contributed by atoms with Crippen LogP contribution in [0.1, 0.15) is 27.0 Å². The van der Waals surface area contributed by atoms with Gasteiger partial charge in [-0.3, -0.25) is 9.59 Å². The van der Waals surface area contributed by atoms with Crippen LogP contribution in [0.4, 0.5) is 5.69 Å². The molecule has 0 saturated carbocycles. The fourth-order valence-corrected chi connectivity index (χ4v) is 3.53. The third-order valence-electron chi connectivity index (χ3n) is 4.14. The van der Waals surface area contributed by atoms with E-state index in [2.05, 4.69) is 5.32 Å². The van der Waals surface area contributed by atoms with Crippen molar-refractivity contribution in [2.45, 2.75) is 20.8 Å². The second-order valence-corrected chi connectivity index (χ2v) is 6.81. The van der Waals surface area contributed by atoms with Crippen LogP contribution in [0.3, 0.4) is 0 Å². The molecule has 3 rings (SSSR count). The molecular formula is C18H18N2O2S. The molecule has 23 heavy (non-hydrogen) atoms. The first kappa shape index (κ1) is 15.5. The molecule has 0 bridgehead atoms. The summed E-state index contributed by atoms with van der Waals surface area (Å²) in [7, 11) is 1.75. The number of amides is 1. The van der Waals surface area contributed by atoms with E-state index in [-0.39, 0.29) is 10.8 Å². The van der Waals surface area contributed by atoms with E-state index in [1.807, 2.05) is 51.1 Å². The van der Waals surface area contributed by atoms with E-state index in [0.717, 1.165) is 21.3 Å². The van der Waals surface area contributed by atoms with Crippen molar-refractivity contribution >= 4 is 33.1 Å². The maximum atomic E-state index is 12.5. The van der Waals surface area contributed by atoms with Crippen LogP contribution in [0.5, 0.6) is 0 Å². The van der Waals surface area contributed by atoms with Gasteiger partial charge in [0, 0.05) is 18.3 Å². The summed E-state index contributed by atoms with van der Waals surface area (Å²) in [4.78, 5) is 24.2. The third kappa shape index (κ3) is 2.80. The highest BCUT2D eigenvalue weighted by Gasteiger charge is 2.12. The van der Waals surface area contributed by atoms with Gasteiger partial charge in [0.2, 0.25) is 0 Å². The number of carbonyl (C=O) groups is 1. The second kappa shape index (κ2) is 5.66. The van der Waals surface area contributed by atoms with Gasteiger partial charge in [0.25, 0.3) is 5.91 Å². The number of aryl methyl sites for hydroxylation is 4. The Morgan fingerprint density at radius 3 is 2.48 bits per heavy atom. The Kier molecular flexibility index (Phi) is 3.82. The van der Waals surface area contributed by atoms with Crippen molar-refractivity contribution in [1.82, 2.24) is 4.57 Å². The number of benzene rings is 2. The molecule has 3 aromatic rings. The fourth-order valence-electron chi connectivity index (χ4n) is 2.62. The largest absolute Gasteiger partial charge is 0.322 e. The van der Waals surface area contributed by atoms with E-state index < -0.39 is 0 Å². The van der Waals surface area contributed by atoms with E-state index in [1.54, 1.807) is 11.6 Å². The van der Waals surface area contributed by atoms with Crippen molar-refractivity contribution in [2.24, 2.45) is 7.05 Å². The number of nitrogens with zero attached hydrogens (tertiary/aromatic N) is 1. The molecule has 1 N–H and O–H groups in total. The lowest BCUT2D eigenvalue weighted by Gasteiger charge is -2.10. The minimum Gasteiger partial charge on any atom is -0.322 e. The van der Waals surface area contributed by atoms with Crippen LogP contribution < -0.4 is 10.2 Å². The summed E-state index contributed by atoms with van der Waals surface area (Å²) in [5.41, 5.74) is 5.47. The molecule has 118 valence electrons. The minimum absolute atomic E-state index is 0.00604. The van der Waals surface area contributed by atoms with Crippen LogP contribution in [0, 0.1) is 20.8 Å². The van der Waals surface area contributed by atoms with Crippen molar-refractivity contribution in [3.63, 3.8) is 0 Å². The zero-order valence-corrected chi connectivity index (χ0v) is 14.4. The van der Waals surface area contributed by atoms with Gasteiger partial charge in [0.05, 0.1) is 10.2 Å². The molecule has 2 aromatic carbocycles. The standard InChI is InChI=1S/C18H18N2O2S/c1-10-7-12(3)14(8-11(10)2)17(21)19-13-5-6-15-16(9-13)23-18(22)20(15)4/h5-9H,1-4H3,(H,19,21). The number of anilines is 1. The summed E-state index contributed by atoms with van der Waals surface area (Å²) in [5, 5.41) is 2.92. The van der Waals surface area contributed by atoms with Crippen LogP contribution in [0.2, 0.25) is 0 Å². The Bertz CT molecular complexity index is 983. The van der Waals surface area contributed by atoms with Gasteiger partial charge in [-0.25, -0.2) is 0 Å². The van der Waals surface area contributed by atoms with E-state index in [0.29, 0.717) is 11.3 Å². The molecule has 1 amide bonds. The molecule has 5 heteroatoms. The van der Waals surface area contributed by atoms with E-state index in [4.69, 9.17) is 0 Å². The van der Waals surface area contributed by atoms with Crippen LogP contribution in [-0.2, 0) is 7.05 Å². The molecule has 0 radical (unpaired) electrons. The first-order chi connectivity index (χ1) is 10.9. The quantitative estimate of drug-likeness (QED) is 0.779. The molecule has 0 aliphatic rings. The zero-order valence-electron chi connectivity index (χ0n) is 13.6. The second-order valence-electron chi connectivity index (χ2n) is 5.82. The van der Waals surface area contributed by atoms with Gasteiger partial charge < -0.3 is 9.88 Å². The summed E-state index contributed by atoms with van der Waals surface area (Å²) in [5.74, 6) is -0.131. The molecule has 0 fully saturated rings. The highest BCUT2D eigenvalue weighted by Crippen LogP contribution is 2.22. The molecule has 0 atom stereocenters. The lowest BCUT2D eigenvalue weighted by molar-refractivity contribution is 0.102. The number of hydrogen-bond acceptors (Lipinski definition) is 3. The topological polar surface area (TPSA) is 51.1 Å². The maximum Gasteiger partial charge on any atom is 0.307 e. The molecule has 0 aliphatic carbocycles. The molecule has 0 spiro atoms. The Morgan fingerprint density at radius 1 is 1.04 bits per heavy atom. The average molecular weight is 326 g/mol. The molecular weight excluding hydrogens is 308 g/mol. The normalized spacial score (nSPS) is 11.0. The van der Waals surface area contributed by atoms with Gasteiger partial charge in [-0.05, 0) is 61.7 Å². The number of aromatic nitrogens is 1. The van der Waals surface area contributed by atoms with Crippen LogP contribution in [0.15, 0.2) is 35.1 Å². The van der Waals surface area contributed by atoms with E-state index in [1.165, 1.54) is 16.9 Å². The molecule has 0 aliphatic heterocycles. The van der Waals surface area contributed by atoms with Crippen molar-refractivity contribution < 1.29 is 4.79 Å². The van der Waals surface area contributed by atoms with Gasteiger partial charge in [0.15, 0.2) is 0 Å². The molecule has 0 saturated heterocycles. The zero-order chi connectivity index (χ0) is 16.7. The summed E-state index contributed by atoms with van der Waals surface area (Å²) in [6, 6.07) is 9.46. The van der Waals surface area contributed by atoms with Crippen LogP contribution >= 0.6 is 11.3 Å². The van der Waals surface area contributed by atoms with Gasteiger partial charge in [0.1, 0.15) is 0 Å². The summed E-state index contributed by atoms with van der Waals surface area (Å²) in [6.07, 6.45) is 0. The van der Waals surface area contributed by atoms with Crippen LogP contribution in [0.25, 0.3) is 10.2 Å². The van der Waals surface area contributed by atoms with E-state index >= 15 is 0 Å². The molecule has 4 nitrogen and oxygen atoms in total. The van der Waals surface area contributed by atoms with Crippen molar-refractivity contribution in [3.8, 4) is 0 Å². The van der Waals surface area contributed by atoms with Gasteiger partial charge >= 0.3 is 4.87 Å². The van der Waals surface area contributed by atoms with Crippen molar-refractivity contribution in [3.05, 3.63) is 62.3 Å². The lowest BCUT2D eigenvalue weighted by Crippen LogP contribution is -2.14. The monoisotopic (exact) mass is 326 g/mol. The molecule has 1 aromatic heterocycles. The van der Waals surface area contributed by atoms with Crippen molar-refractivity contribution in [1.29, 1.82) is 0 Å². The summed E-state index contributed by atoms with van der Waals surface area (Å²) in [6.45, 7) is 5.97. The SMILES string of the molecule is Cc1cc(C)c(C(=O)Nc2ccc3c(c2)sc(=O)n3C)cc1C. The predicted molar refractivity (Wildman–Crippen MR) is 95.7 cm³/mol. The molecule has 0 unspecified atom stereocenters. The number of carbonyl (C=O) groups excluding carboxylic acids is 1. The Morgan fingerprint density at radius 2 is 1.74 bits per heavy atom. The average Bonchev–Trinajstić information content (AvgIpc) is 2.77.